The maximum Gasteiger partial charge on any atom is 0.150 e. The molecule has 0 aromatic heterocycles. The molecule has 4 aromatic carbocycles. The summed E-state index contributed by atoms with van der Waals surface area (Å²) in [4.78, 5) is 0. The Morgan fingerprint density at radius 3 is 1.96 bits per heavy atom. The summed E-state index contributed by atoms with van der Waals surface area (Å²) in [7, 11) is 0. The Bertz CT molecular complexity index is 1080. The van der Waals surface area contributed by atoms with Crippen LogP contribution in [0.1, 0.15) is 0 Å². The first-order valence-electron chi connectivity index (χ1n) is 8.94. The zero-order chi connectivity index (χ0) is 19.3. The SMILES string of the molecule is Nc1ccc(Oc2ccc(Oc3ccccc3N)c(-c3ccccc3)c2)cc1. The molecule has 0 saturated carbocycles. The predicted octanol–water partition coefficient (Wildman–Crippen LogP) is 6.10. The van der Waals surface area contributed by atoms with Crippen LogP contribution in [0.3, 0.4) is 0 Å². The van der Waals surface area contributed by atoms with Crippen LogP contribution in [0.2, 0.25) is 0 Å². The van der Waals surface area contributed by atoms with Gasteiger partial charge < -0.3 is 20.9 Å². The largest absolute Gasteiger partial charge is 0.457 e. The zero-order valence-corrected chi connectivity index (χ0v) is 15.2. The summed E-state index contributed by atoms with van der Waals surface area (Å²) < 4.78 is 12.1. The third-order valence-corrected chi connectivity index (χ3v) is 4.29. The van der Waals surface area contributed by atoms with E-state index in [9.17, 15) is 0 Å². The Balaban J connectivity index is 1.71. The Morgan fingerprint density at radius 2 is 1.21 bits per heavy atom. The lowest BCUT2D eigenvalue weighted by Crippen LogP contribution is -1.94. The third-order valence-electron chi connectivity index (χ3n) is 4.29. The van der Waals surface area contributed by atoms with E-state index in [2.05, 4.69) is 0 Å². The van der Waals surface area contributed by atoms with Crippen molar-refractivity contribution in [2.24, 2.45) is 0 Å². The molecule has 4 nitrogen and oxygen atoms in total. The number of nitrogen functional groups attached to an aromatic ring is 2. The predicted molar refractivity (Wildman–Crippen MR) is 114 cm³/mol. The minimum atomic E-state index is 0.587. The Kier molecular flexibility index (Phi) is 4.85. The van der Waals surface area contributed by atoms with Crippen LogP contribution in [-0.2, 0) is 0 Å². The number of rotatable bonds is 5. The molecule has 0 atom stereocenters. The van der Waals surface area contributed by atoms with Crippen molar-refractivity contribution in [2.75, 3.05) is 11.5 Å². The number of para-hydroxylation sites is 2. The van der Waals surface area contributed by atoms with E-state index >= 15 is 0 Å². The molecule has 4 heteroatoms. The van der Waals surface area contributed by atoms with E-state index in [1.54, 1.807) is 0 Å². The van der Waals surface area contributed by atoms with E-state index in [4.69, 9.17) is 20.9 Å². The van der Waals surface area contributed by atoms with Crippen molar-refractivity contribution in [3.63, 3.8) is 0 Å². The monoisotopic (exact) mass is 368 g/mol. The quantitative estimate of drug-likeness (QED) is 0.417. The maximum absolute atomic E-state index is 6.12. The number of anilines is 2. The molecule has 0 radical (unpaired) electrons. The summed E-state index contributed by atoms with van der Waals surface area (Å²) in [6, 6.07) is 30.5. The van der Waals surface area contributed by atoms with Gasteiger partial charge in [0.1, 0.15) is 23.0 Å². The lowest BCUT2D eigenvalue weighted by atomic mass is 10.0. The highest BCUT2D eigenvalue weighted by Gasteiger charge is 2.11. The van der Waals surface area contributed by atoms with E-state index in [-0.39, 0.29) is 0 Å². The van der Waals surface area contributed by atoms with Gasteiger partial charge in [-0.3, -0.25) is 0 Å². The minimum absolute atomic E-state index is 0.587. The lowest BCUT2D eigenvalue weighted by Gasteiger charge is -2.15. The molecule has 4 N–H and O–H groups in total. The second-order valence-corrected chi connectivity index (χ2v) is 6.33. The van der Waals surface area contributed by atoms with Crippen molar-refractivity contribution < 1.29 is 9.47 Å². The fourth-order valence-corrected chi connectivity index (χ4v) is 2.87. The molecular weight excluding hydrogens is 348 g/mol. The standard InChI is InChI=1S/C24H20N2O2/c25-18-10-12-19(13-11-18)27-20-14-15-23(28-24-9-5-4-8-22(24)26)21(16-20)17-6-2-1-3-7-17/h1-16H,25-26H2. The molecule has 4 aromatic rings. The van der Waals surface area contributed by atoms with Gasteiger partial charge in [-0.2, -0.15) is 0 Å². The molecule has 0 amide bonds. The van der Waals surface area contributed by atoms with Gasteiger partial charge in [0.2, 0.25) is 0 Å². The van der Waals surface area contributed by atoms with E-state index in [1.807, 2.05) is 97.1 Å². The van der Waals surface area contributed by atoms with Gasteiger partial charge in [0.25, 0.3) is 0 Å². The van der Waals surface area contributed by atoms with Gasteiger partial charge in [-0.25, -0.2) is 0 Å². The van der Waals surface area contributed by atoms with Crippen LogP contribution in [-0.4, -0.2) is 0 Å². The summed E-state index contributed by atoms with van der Waals surface area (Å²) in [5.74, 6) is 2.74. The fourth-order valence-electron chi connectivity index (χ4n) is 2.87. The first kappa shape index (κ1) is 17.5. The molecule has 138 valence electrons. The van der Waals surface area contributed by atoms with Crippen LogP contribution < -0.4 is 20.9 Å². The highest BCUT2D eigenvalue weighted by atomic mass is 16.5. The second-order valence-electron chi connectivity index (χ2n) is 6.33. The van der Waals surface area contributed by atoms with Gasteiger partial charge in [0.15, 0.2) is 0 Å². The first-order valence-corrected chi connectivity index (χ1v) is 8.94. The molecule has 0 fully saturated rings. The van der Waals surface area contributed by atoms with Crippen LogP contribution in [0.15, 0.2) is 97.1 Å². The van der Waals surface area contributed by atoms with Gasteiger partial charge in [-0.15, -0.1) is 0 Å². The molecular formula is C24H20N2O2. The number of hydrogen-bond donors (Lipinski definition) is 2. The Hall–Kier alpha value is -3.92. The second kappa shape index (κ2) is 7.76. The Morgan fingerprint density at radius 1 is 0.536 bits per heavy atom. The van der Waals surface area contributed by atoms with E-state index in [1.165, 1.54) is 0 Å². The highest BCUT2D eigenvalue weighted by molar-refractivity contribution is 5.73. The van der Waals surface area contributed by atoms with Crippen LogP contribution in [0.5, 0.6) is 23.0 Å². The van der Waals surface area contributed by atoms with Gasteiger partial charge >= 0.3 is 0 Å². The molecule has 0 saturated heterocycles. The van der Waals surface area contributed by atoms with Crippen LogP contribution >= 0.6 is 0 Å². The molecule has 0 aliphatic heterocycles. The van der Waals surface area contributed by atoms with Crippen molar-refractivity contribution in [1.82, 2.24) is 0 Å². The van der Waals surface area contributed by atoms with Crippen molar-refractivity contribution in [3.8, 4) is 34.1 Å². The summed E-state index contributed by atoms with van der Waals surface area (Å²) in [5, 5.41) is 0. The molecule has 0 bridgehead atoms. The molecule has 0 aliphatic rings. The first-order chi connectivity index (χ1) is 13.7. The lowest BCUT2D eigenvalue weighted by molar-refractivity contribution is 0.472. The molecule has 0 aliphatic carbocycles. The van der Waals surface area contributed by atoms with E-state index in [0.717, 1.165) is 11.1 Å². The van der Waals surface area contributed by atoms with Crippen molar-refractivity contribution in [2.45, 2.75) is 0 Å². The molecule has 0 heterocycles. The average Bonchev–Trinajstić information content (AvgIpc) is 2.73. The summed E-state index contributed by atoms with van der Waals surface area (Å²) in [6.45, 7) is 0. The Labute approximate surface area is 164 Å². The molecule has 4 rings (SSSR count). The summed E-state index contributed by atoms with van der Waals surface area (Å²) in [6.07, 6.45) is 0. The van der Waals surface area contributed by atoms with Crippen molar-refractivity contribution in [1.29, 1.82) is 0 Å². The topological polar surface area (TPSA) is 70.5 Å². The fraction of sp³-hybridized carbons (Fsp3) is 0. The van der Waals surface area contributed by atoms with Crippen LogP contribution in [0.25, 0.3) is 11.1 Å². The van der Waals surface area contributed by atoms with Gasteiger partial charge in [-0.05, 0) is 60.2 Å². The van der Waals surface area contributed by atoms with Gasteiger partial charge in [-0.1, -0.05) is 42.5 Å². The number of ether oxygens (including phenoxy) is 2. The summed E-state index contributed by atoms with van der Waals surface area (Å²) >= 11 is 0. The van der Waals surface area contributed by atoms with Crippen LogP contribution in [0, 0.1) is 0 Å². The smallest absolute Gasteiger partial charge is 0.150 e. The van der Waals surface area contributed by atoms with Gasteiger partial charge in [0, 0.05) is 11.3 Å². The highest BCUT2D eigenvalue weighted by Crippen LogP contribution is 2.38. The van der Waals surface area contributed by atoms with E-state index < -0.39 is 0 Å². The maximum atomic E-state index is 6.12. The molecule has 0 spiro atoms. The average molecular weight is 368 g/mol. The molecule has 28 heavy (non-hydrogen) atoms. The van der Waals surface area contributed by atoms with Gasteiger partial charge in [0.05, 0.1) is 5.69 Å². The van der Waals surface area contributed by atoms with E-state index in [0.29, 0.717) is 34.4 Å². The zero-order valence-electron chi connectivity index (χ0n) is 15.2. The third kappa shape index (κ3) is 3.91. The van der Waals surface area contributed by atoms with Crippen molar-refractivity contribution >= 4 is 11.4 Å². The van der Waals surface area contributed by atoms with Crippen LogP contribution in [0.4, 0.5) is 11.4 Å². The summed E-state index contributed by atoms with van der Waals surface area (Å²) in [5.41, 5.74) is 15.0. The number of nitrogens with two attached hydrogens (primary N) is 2. The molecule has 0 unspecified atom stereocenters. The normalized spacial score (nSPS) is 10.4. The number of benzene rings is 4. The minimum Gasteiger partial charge on any atom is -0.457 e. The number of hydrogen-bond acceptors (Lipinski definition) is 4. The van der Waals surface area contributed by atoms with Crippen molar-refractivity contribution in [3.05, 3.63) is 97.1 Å².